The minimum atomic E-state index is -1.01. The molecule has 0 aliphatic carbocycles. The van der Waals surface area contributed by atoms with Gasteiger partial charge in [-0.2, -0.15) is 0 Å². The number of nitrogens with zero attached hydrogens (tertiary/aromatic N) is 1. The normalized spacial score (nSPS) is 17.2. The van der Waals surface area contributed by atoms with Gasteiger partial charge in [0, 0.05) is 23.3 Å². The summed E-state index contributed by atoms with van der Waals surface area (Å²) in [5.74, 6) is -0.0263. The first kappa shape index (κ1) is 16.3. The Balaban J connectivity index is 2.55. The predicted molar refractivity (Wildman–Crippen MR) is 87.6 cm³/mol. The molecule has 0 bridgehead atoms. The predicted octanol–water partition coefficient (Wildman–Crippen LogP) is 3.98. The zero-order valence-electron chi connectivity index (χ0n) is 13.9. The van der Waals surface area contributed by atoms with Gasteiger partial charge in [-0.05, 0) is 50.3 Å². The third-order valence-corrected chi connectivity index (χ3v) is 4.10. The number of nitrogens with one attached hydrogen (secondary N) is 1. The molecule has 1 aromatic rings. The van der Waals surface area contributed by atoms with Crippen molar-refractivity contribution in [2.75, 3.05) is 10.2 Å². The standard InChI is InChI=1S/C17H24N2O3/c1-16(2,3)19(15(21)22)11-6-7-12-13(10-11)18-14(20)8-9-17(12,4)5/h6-7,10H,8-9H2,1-5H3,(H,18,20)(H,21,22). The van der Waals surface area contributed by atoms with E-state index in [-0.39, 0.29) is 11.3 Å². The van der Waals surface area contributed by atoms with Crippen LogP contribution in [0.15, 0.2) is 18.2 Å². The van der Waals surface area contributed by atoms with Gasteiger partial charge >= 0.3 is 6.09 Å². The molecule has 0 atom stereocenters. The topological polar surface area (TPSA) is 69.6 Å². The Labute approximate surface area is 131 Å². The Morgan fingerprint density at radius 3 is 2.50 bits per heavy atom. The van der Waals surface area contributed by atoms with Crippen molar-refractivity contribution in [3.63, 3.8) is 0 Å². The molecule has 5 nitrogen and oxygen atoms in total. The molecule has 1 aromatic carbocycles. The molecule has 1 heterocycles. The Morgan fingerprint density at radius 2 is 1.95 bits per heavy atom. The zero-order valence-corrected chi connectivity index (χ0v) is 13.9. The fraction of sp³-hybridized carbons (Fsp3) is 0.529. The van der Waals surface area contributed by atoms with Crippen LogP contribution in [0, 0.1) is 0 Å². The molecule has 2 amide bonds. The second-order valence-corrected chi connectivity index (χ2v) is 7.45. The minimum Gasteiger partial charge on any atom is -0.465 e. The van der Waals surface area contributed by atoms with Crippen LogP contribution >= 0.6 is 0 Å². The van der Waals surface area contributed by atoms with E-state index in [0.717, 1.165) is 12.0 Å². The lowest BCUT2D eigenvalue weighted by Crippen LogP contribution is -2.45. The van der Waals surface area contributed by atoms with Gasteiger partial charge in [-0.1, -0.05) is 19.9 Å². The van der Waals surface area contributed by atoms with Gasteiger partial charge in [0.05, 0.1) is 0 Å². The summed E-state index contributed by atoms with van der Waals surface area (Å²) < 4.78 is 0. The number of carbonyl (C=O) groups excluding carboxylic acids is 1. The number of benzene rings is 1. The van der Waals surface area contributed by atoms with Crippen LogP contribution in [-0.2, 0) is 10.2 Å². The van der Waals surface area contributed by atoms with Crippen molar-refractivity contribution in [1.29, 1.82) is 0 Å². The van der Waals surface area contributed by atoms with Gasteiger partial charge in [-0.25, -0.2) is 4.79 Å². The van der Waals surface area contributed by atoms with Crippen molar-refractivity contribution in [3.05, 3.63) is 23.8 Å². The fourth-order valence-corrected chi connectivity index (χ4v) is 2.92. The average Bonchev–Trinajstić information content (AvgIpc) is 2.44. The van der Waals surface area contributed by atoms with Crippen LogP contribution in [0.1, 0.15) is 53.0 Å². The zero-order chi connectivity index (χ0) is 16.7. The highest BCUT2D eigenvalue weighted by Crippen LogP contribution is 2.39. The Hall–Kier alpha value is -2.04. The van der Waals surface area contributed by atoms with Crippen LogP contribution in [0.2, 0.25) is 0 Å². The molecule has 2 N–H and O–H groups in total. The molecular formula is C17H24N2O3. The first-order chi connectivity index (χ1) is 10.0. The van der Waals surface area contributed by atoms with Gasteiger partial charge < -0.3 is 10.4 Å². The van der Waals surface area contributed by atoms with E-state index >= 15 is 0 Å². The van der Waals surface area contributed by atoms with E-state index in [2.05, 4.69) is 19.2 Å². The second kappa shape index (κ2) is 5.30. The molecule has 1 aliphatic rings. The Morgan fingerprint density at radius 1 is 1.32 bits per heavy atom. The van der Waals surface area contributed by atoms with E-state index in [1.807, 2.05) is 32.9 Å². The summed E-state index contributed by atoms with van der Waals surface area (Å²) in [6.45, 7) is 9.73. The maximum absolute atomic E-state index is 11.9. The highest BCUT2D eigenvalue weighted by molar-refractivity contribution is 5.95. The average molecular weight is 304 g/mol. The molecular weight excluding hydrogens is 280 g/mol. The molecule has 0 saturated carbocycles. The van der Waals surface area contributed by atoms with Gasteiger partial charge in [-0.3, -0.25) is 9.69 Å². The molecule has 120 valence electrons. The van der Waals surface area contributed by atoms with Gasteiger partial charge in [0.25, 0.3) is 0 Å². The molecule has 0 aromatic heterocycles. The third-order valence-electron chi connectivity index (χ3n) is 4.10. The summed E-state index contributed by atoms with van der Waals surface area (Å²) in [4.78, 5) is 24.8. The van der Waals surface area contributed by atoms with Crippen LogP contribution < -0.4 is 10.2 Å². The van der Waals surface area contributed by atoms with E-state index in [1.165, 1.54) is 4.90 Å². The van der Waals surface area contributed by atoms with Crippen molar-refractivity contribution >= 4 is 23.4 Å². The second-order valence-electron chi connectivity index (χ2n) is 7.45. The van der Waals surface area contributed by atoms with E-state index < -0.39 is 11.6 Å². The Kier molecular flexibility index (Phi) is 3.94. The van der Waals surface area contributed by atoms with Crippen molar-refractivity contribution < 1.29 is 14.7 Å². The number of anilines is 2. The van der Waals surface area contributed by atoms with Gasteiger partial charge in [0.15, 0.2) is 0 Å². The van der Waals surface area contributed by atoms with Gasteiger partial charge in [0.2, 0.25) is 5.91 Å². The van der Waals surface area contributed by atoms with E-state index in [4.69, 9.17) is 0 Å². The Bertz CT molecular complexity index is 615. The van der Waals surface area contributed by atoms with Gasteiger partial charge in [0.1, 0.15) is 0 Å². The molecule has 5 heteroatoms. The summed E-state index contributed by atoms with van der Waals surface area (Å²) in [6.07, 6.45) is 0.234. The fourth-order valence-electron chi connectivity index (χ4n) is 2.92. The molecule has 0 saturated heterocycles. The summed E-state index contributed by atoms with van der Waals surface area (Å²) >= 11 is 0. The van der Waals surface area contributed by atoms with Crippen molar-refractivity contribution in [1.82, 2.24) is 0 Å². The summed E-state index contributed by atoms with van der Waals surface area (Å²) in [6, 6.07) is 5.51. The lowest BCUT2D eigenvalue weighted by Gasteiger charge is -2.34. The van der Waals surface area contributed by atoms with E-state index in [1.54, 1.807) is 6.07 Å². The molecule has 2 rings (SSSR count). The number of fused-ring (bicyclic) bond motifs is 1. The maximum Gasteiger partial charge on any atom is 0.412 e. The van der Waals surface area contributed by atoms with Crippen LogP contribution in [0.25, 0.3) is 0 Å². The molecule has 0 fully saturated rings. The minimum absolute atomic E-state index is 0.0263. The number of amides is 2. The van der Waals surface area contributed by atoms with Crippen LogP contribution in [-0.4, -0.2) is 22.6 Å². The number of rotatable bonds is 1. The molecule has 0 spiro atoms. The van der Waals surface area contributed by atoms with E-state index in [0.29, 0.717) is 17.8 Å². The van der Waals surface area contributed by atoms with Gasteiger partial charge in [-0.15, -0.1) is 0 Å². The molecule has 0 unspecified atom stereocenters. The van der Waals surface area contributed by atoms with Crippen LogP contribution in [0.4, 0.5) is 16.2 Å². The summed E-state index contributed by atoms with van der Waals surface area (Å²) in [5.41, 5.74) is 1.63. The monoisotopic (exact) mass is 304 g/mol. The largest absolute Gasteiger partial charge is 0.465 e. The number of hydrogen-bond acceptors (Lipinski definition) is 2. The summed E-state index contributed by atoms with van der Waals surface area (Å²) in [7, 11) is 0. The highest BCUT2D eigenvalue weighted by Gasteiger charge is 2.32. The quantitative estimate of drug-likeness (QED) is 0.824. The first-order valence-corrected chi connectivity index (χ1v) is 7.50. The number of carbonyl (C=O) groups is 2. The van der Waals surface area contributed by atoms with Crippen molar-refractivity contribution in [2.24, 2.45) is 0 Å². The lowest BCUT2D eigenvalue weighted by atomic mass is 9.80. The van der Waals surface area contributed by atoms with Crippen molar-refractivity contribution in [2.45, 2.75) is 58.4 Å². The maximum atomic E-state index is 11.9. The number of hydrogen-bond donors (Lipinski definition) is 2. The van der Waals surface area contributed by atoms with Crippen LogP contribution in [0.5, 0.6) is 0 Å². The third kappa shape index (κ3) is 3.08. The lowest BCUT2D eigenvalue weighted by molar-refractivity contribution is -0.116. The molecule has 22 heavy (non-hydrogen) atoms. The summed E-state index contributed by atoms with van der Waals surface area (Å²) in [5, 5.41) is 12.4. The first-order valence-electron chi connectivity index (χ1n) is 7.50. The smallest absolute Gasteiger partial charge is 0.412 e. The van der Waals surface area contributed by atoms with Crippen molar-refractivity contribution in [3.8, 4) is 0 Å². The molecule has 1 aliphatic heterocycles. The molecule has 0 radical (unpaired) electrons. The van der Waals surface area contributed by atoms with E-state index in [9.17, 15) is 14.7 Å². The highest BCUT2D eigenvalue weighted by atomic mass is 16.4. The SMILES string of the molecule is CC1(C)CCC(=O)Nc2cc(N(C(=O)O)C(C)(C)C)ccc21. The number of carboxylic acid groups (broad SMARTS) is 1. The van der Waals surface area contributed by atoms with Crippen LogP contribution in [0.3, 0.4) is 0 Å².